The Bertz CT molecular complexity index is 1080. The van der Waals surface area contributed by atoms with Gasteiger partial charge in [0.1, 0.15) is 11.6 Å². The second kappa shape index (κ2) is 7.31. The highest BCUT2D eigenvalue weighted by molar-refractivity contribution is 7.15. The van der Waals surface area contributed by atoms with E-state index in [0.29, 0.717) is 46.8 Å². The molecule has 2 aromatic heterocycles. The van der Waals surface area contributed by atoms with Gasteiger partial charge in [0.2, 0.25) is 0 Å². The van der Waals surface area contributed by atoms with Crippen molar-refractivity contribution in [2.45, 2.75) is 39.5 Å². The fourth-order valence-electron chi connectivity index (χ4n) is 3.41. The Morgan fingerprint density at radius 1 is 1.32 bits per heavy atom. The number of thiazole rings is 1. The Balaban J connectivity index is 1.49. The maximum absolute atomic E-state index is 13.7. The highest BCUT2D eigenvalue weighted by Crippen LogP contribution is 2.30. The van der Waals surface area contributed by atoms with Crippen molar-refractivity contribution in [3.63, 3.8) is 0 Å². The summed E-state index contributed by atoms with van der Waals surface area (Å²) in [5.74, 6) is 0.144. The highest BCUT2D eigenvalue weighted by atomic mass is 32.1. The number of carbonyl (C=O) groups is 2. The molecule has 5 nitrogen and oxygen atoms in total. The quantitative estimate of drug-likeness (QED) is 0.682. The zero-order valence-corrected chi connectivity index (χ0v) is 16.4. The van der Waals surface area contributed by atoms with Gasteiger partial charge in [-0.25, -0.2) is 9.37 Å². The van der Waals surface area contributed by atoms with Gasteiger partial charge in [0.25, 0.3) is 5.91 Å². The summed E-state index contributed by atoms with van der Waals surface area (Å²) in [7, 11) is 0. The predicted octanol–water partition coefficient (Wildman–Crippen LogP) is 4.85. The minimum Gasteiger partial charge on any atom is -0.455 e. The van der Waals surface area contributed by atoms with Gasteiger partial charge in [0.05, 0.1) is 5.56 Å². The third-order valence-corrected chi connectivity index (χ3v) is 5.81. The van der Waals surface area contributed by atoms with Gasteiger partial charge in [0, 0.05) is 35.9 Å². The standard InChI is InChI=1S/C21H19FN2O3S/c1-11-6-7-13(9-15(11)22)8-14-10-23-21(28-14)24-20(26)19-12(2)18-16(25)4-3-5-17(18)27-19/h6-7,9-10H,3-5,8H2,1-2H3,(H,23,24,26). The first-order valence-corrected chi connectivity index (χ1v) is 9.90. The van der Waals surface area contributed by atoms with Crippen molar-refractivity contribution in [2.75, 3.05) is 5.32 Å². The monoisotopic (exact) mass is 398 g/mol. The number of hydrogen-bond acceptors (Lipinski definition) is 5. The predicted molar refractivity (Wildman–Crippen MR) is 105 cm³/mol. The van der Waals surface area contributed by atoms with E-state index < -0.39 is 5.91 Å². The molecule has 0 spiro atoms. The molecule has 0 bridgehead atoms. The molecular formula is C21H19FN2O3S. The number of anilines is 1. The second-order valence-corrected chi connectivity index (χ2v) is 8.09. The molecular weight excluding hydrogens is 379 g/mol. The molecule has 0 saturated carbocycles. The van der Waals surface area contributed by atoms with Crippen LogP contribution in [0.2, 0.25) is 0 Å². The van der Waals surface area contributed by atoms with Crippen molar-refractivity contribution >= 4 is 28.2 Å². The normalized spacial score (nSPS) is 13.5. The molecule has 144 valence electrons. The van der Waals surface area contributed by atoms with Crippen molar-refractivity contribution in [3.8, 4) is 0 Å². The Labute approximate surface area is 165 Å². The van der Waals surface area contributed by atoms with E-state index in [4.69, 9.17) is 4.42 Å². The SMILES string of the molecule is Cc1ccc(Cc2cnc(NC(=O)c3oc4c(c3C)C(=O)CCC4)s2)cc1F. The summed E-state index contributed by atoms with van der Waals surface area (Å²) in [4.78, 5) is 29.8. The lowest BCUT2D eigenvalue weighted by Gasteiger charge is -2.07. The first-order valence-electron chi connectivity index (χ1n) is 9.09. The van der Waals surface area contributed by atoms with E-state index in [-0.39, 0.29) is 17.4 Å². The minimum atomic E-state index is -0.415. The number of fused-ring (bicyclic) bond motifs is 1. The first-order chi connectivity index (χ1) is 13.4. The van der Waals surface area contributed by atoms with Gasteiger partial charge >= 0.3 is 0 Å². The van der Waals surface area contributed by atoms with Gasteiger partial charge in [-0.05, 0) is 37.5 Å². The van der Waals surface area contributed by atoms with E-state index in [9.17, 15) is 14.0 Å². The fourth-order valence-corrected chi connectivity index (χ4v) is 4.26. The summed E-state index contributed by atoms with van der Waals surface area (Å²) in [6.07, 6.45) is 4.11. The van der Waals surface area contributed by atoms with Crippen LogP contribution in [0.25, 0.3) is 0 Å². The summed E-state index contributed by atoms with van der Waals surface area (Å²) in [6, 6.07) is 5.14. The summed E-state index contributed by atoms with van der Waals surface area (Å²) in [5.41, 5.74) is 2.59. The number of Topliss-reactive ketones (excluding diaryl/α,β-unsaturated/α-hetero) is 1. The van der Waals surface area contributed by atoms with E-state index >= 15 is 0 Å². The van der Waals surface area contributed by atoms with Gasteiger partial charge in [-0.15, -0.1) is 11.3 Å². The summed E-state index contributed by atoms with van der Waals surface area (Å²) >= 11 is 1.33. The highest BCUT2D eigenvalue weighted by Gasteiger charge is 2.29. The van der Waals surface area contributed by atoms with Crippen LogP contribution >= 0.6 is 11.3 Å². The Morgan fingerprint density at radius 3 is 2.89 bits per heavy atom. The molecule has 0 radical (unpaired) electrons. The van der Waals surface area contributed by atoms with E-state index in [1.54, 1.807) is 26.1 Å². The average Bonchev–Trinajstić information content (AvgIpc) is 3.23. The summed E-state index contributed by atoms with van der Waals surface area (Å²) < 4.78 is 19.4. The molecule has 2 heterocycles. The molecule has 1 aliphatic carbocycles. The summed E-state index contributed by atoms with van der Waals surface area (Å²) in [6.45, 7) is 3.46. The molecule has 28 heavy (non-hydrogen) atoms. The van der Waals surface area contributed by atoms with Crippen LogP contribution in [0.15, 0.2) is 28.8 Å². The Kier molecular flexibility index (Phi) is 4.85. The molecule has 0 unspecified atom stereocenters. The van der Waals surface area contributed by atoms with Crippen LogP contribution < -0.4 is 5.32 Å². The number of ketones is 1. The fraction of sp³-hybridized carbons (Fsp3) is 0.286. The van der Waals surface area contributed by atoms with Crippen LogP contribution in [0.3, 0.4) is 0 Å². The van der Waals surface area contributed by atoms with Crippen molar-refractivity contribution in [1.29, 1.82) is 0 Å². The van der Waals surface area contributed by atoms with Crippen LogP contribution in [-0.2, 0) is 12.8 Å². The largest absolute Gasteiger partial charge is 0.455 e. The number of carbonyl (C=O) groups excluding carboxylic acids is 2. The number of amides is 1. The Morgan fingerprint density at radius 2 is 2.14 bits per heavy atom. The molecule has 1 amide bonds. The molecule has 4 rings (SSSR count). The number of benzene rings is 1. The zero-order valence-electron chi connectivity index (χ0n) is 15.6. The first kappa shape index (κ1) is 18.6. The lowest BCUT2D eigenvalue weighted by Crippen LogP contribution is -2.13. The van der Waals surface area contributed by atoms with Crippen LogP contribution in [0, 0.1) is 19.7 Å². The van der Waals surface area contributed by atoms with Gasteiger partial charge in [0.15, 0.2) is 16.7 Å². The lowest BCUT2D eigenvalue weighted by molar-refractivity contribution is 0.0963. The van der Waals surface area contributed by atoms with Gasteiger partial charge in [-0.3, -0.25) is 14.9 Å². The maximum atomic E-state index is 13.7. The molecule has 0 saturated heterocycles. The third-order valence-electron chi connectivity index (χ3n) is 4.90. The van der Waals surface area contributed by atoms with Crippen LogP contribution in [0.4, 0.5) is 9.52 Å². The van der Waals surface area contributed by atoms with Gasteiger partial charge < -0.3 is 4.42 Å². The number of aryl methyl sites for hydroxylation is 2. The second-order valence-electron chi connectivity index (χ2n) is 6.98. The van der Waals surface area contributed by atoms with E-state index in [1.807, 2.05) is 6.07 Å². The molecule has 1 aliphatic rings. The number of nitrogens with one attached hydrogen (secondary N) is 1. The zero-order chi connectivity index (χ0) is 19.8. The van der Waals surface area contributed by atoms with E-state index in [2.05, 4.69) is 10.3 Å². The van der Waals surface area contributed by atoms with Crippen LogP contribution in [0.5, 0.6) is 0 Å². The Hall–Kier alpha value is -2.80. The van der Waals surface area contributed by atoms with Gasteiger partial charge in [-0.1, -0.05) is 12.1 Å². The molecule has 1 aromatic carbocycles. The number of hydrogen-bond donors (Lipinski definition) is 1. The molecule has 1 N–H and O–H groups in total. The molecule has 0 atom stereocenters. The average molecular weight is 398 g/mol. The van der Waals surface area contributed by atoms with E-state index in [0.717, 1.165) is 16.9 Å². The lowest BCUT2D eigenvalue weighted by atomic mass is 9.94. The number of aromatic nitrogens is 1. The number of rotatable bonds is 4. The van der Waals surface area contributed by atoms with Crippen LogP contribution in [-0.4, -0.2) is 16.7 Å². The number of halogens is 1. The van der Waals surface area contributed by atoms with Crippen molar-refractivity contribution in [3.05, 3.63) is 68.9 Å². The molecule has 0 fully saturated rings. The van der Waals surface area contributed by atoms with Crippen molar-refractivity contribution in [2.24, 2.45) is 0 Å². The van der Waals surface area contributed by atoms with Gasteiger partial charge in [-0.2, -0.15) is 0 Å². The molecule has 7 heteroatoms. The number of nitrogens with zero attached hydrogens (tertiary/aromatic N) is 1. The topological polar surface area (TPSA) is 72.2 Å². The number of furan rings is 1. The van der Waals surface area contributed by atoms with Crippen LogP contribution in [0.1, 0.15) is 61.1 Å². The van der Waals surface area contributed by atoms with E-state index in [1.165, 1.54) is 17.4 Å². The summed E-state index contributed by atoms with van der Waals surface area (Å²) in [5, 5.41) is 3.18. The van der Waals surface area contributed by atoms with Crippen molar-refractivity contribution < 1.29 is 18.4 Å². The minimum absolute atomic E-state index is 0.0309. The molecule has 3 aromatic rings. The smallest absolute Gasteiger partial charge is 0.293 e. The molecule has 0 aliphatic heterocycles. The third kappa shape index (κ3) is 3.49. The maximum Gasteiger partial charge on any atom is 0.293 e. The van der Waals surface area contributed by atoms with Crippen molar-refractivity contribution in [1.82, 2.24) is 4.98 Å².